The highest BCUT2D eigenvalue weighted by Gasteiger charge is 2.22. The molecule has 68 valence electrons. The second kappa shape index (κ2) is 4.02. The van der Waals surface area contributed by atoms with Crippen molar-refractivity contribution < 1.29 is 4.43 Å². The Kier molecular flexibility index (Phi) is 4.24. The predicted molar refractivity (Wildman–Crippen MR) is 61.3 cm³/mol. The van der Waals surface area contributed by atoms with Crippen LogP contribution in [0.25, 0.3) is 0 Å². The van der Waals surface area contributed by atoms with E-state index in [4.69, 9.17) is 4.43 Å². The molecule has 0 radical (unpaired) electrons. The molecule has 0 spiro atoms. The van der Waals surface area contributed by atoms with E-state index < -0.39 is 15.9 Å². The summed E-state index contributed by atoms with van der Waals surface area (Å²) in [6.07, 6.45) is 1.12. The van der Waals surface area contributed by atoms with Gasteiger partial charge in [0.05, 0.1) is 7.59 Å². The molecule has 1 atom stereocenters. The Morgan fingerprint density at radius 1 is 1.18 bits per heavy atom. The van der Waals surface area contributed by atoms with Crippen molar-refractivity contribution in [3.63, 3.8) is 0 Å². The van der Waals surface area contributed by atoms with Crippen LogP contribution in [0, 0.1) is 0 Å². The highest BCUT2D eigenvalue weighted by molar-refractivity contribution is 7.16. The van der Waals surface area contributed by atoms with E-state index in [9.17, 15) is 0 Å². The maximum Gasteiger partial charge on any atom is 0.183 e. The fourth-order valence-electron chi connectivity index (χ4n) is 0.514. The molecule has 0 N–H and O–H groups in total. The van der Waals surface area contributed by atoms with Crippen molar-refractivity contribution in [1.82, 2.24) is 0 Å². The van der Waals surface area contributed by atoms with E-state index in [1.165, 1.54) is 15.8 Å². The van der Waals surface area contributed by atoms with E-state index in [-0.39, 0.29) is 0 Å². The molecule has 0 aliphatic heterocycles. The van der Waals surface area contributed by atoms with Crippen LogP contribution in [-0.4, -0.2) is 31.9 Å². The van der Waals surface area contributed by atoms with Crippen molar-refractivity contribution in [2.45, 2.75) is 39.2 Å². The quantitative estimate of drug-likeness (QED) is 0.631. The van der Waals surface area contributed by atoms with E-state index in [0.29, 0.717) is 0 Å². The van der Waals surface area contributed by atoms with Gasteiger partial charge in [0.2, 0.25) is 0 Å². The lowest BCUT2D eigenvalue weighted by atomic mass is 11.0. The molecule has 0 aromatic carbocycles. The Morgan fingerprint density at radius 2 is 1.64 bits per heavy atom. The Hall–Kier alpha value is 0.611. The van der Waals surface area contributed by atoms with Crippen molar-refractivity contribution >= 4 is 25.7 Å². The van der Waals surface area contributed by atoms with Crippen molar-refractivity contribution in [1.29, 1.82) is 0 Å². The average Bonchev–Trinajstić information content (AvgIpc) is 1.83. The topological polar surface area (TPSA) is 9.23 Å². The van der Waals surface area contributed by atoms with Gasteiger partial charge in [-0.1, -0.05) is 19.5 Å². The largest absolute Gasteiger partial charge is 0.421 e. The van der Waals surface area contributed by atoms with Crippen LogP contribution in [-0.2, 0) is 4.43 Å². The van der Waals surface area contributed by atoms with E-state index >= 15 is 0 Å². The zero-order valence-corrected chi connectivity index (χ0v) is 12.8. The zero-order chi connectivity index (χ0) is 9.12. The van der Waals surface area contributed by atoms with Crippen LogP contribution >= 0.6 is 0 Å². The minimum atomic E-state index is -1.23. The number of rotatable bonds is 4. The molecule has 0 aliphatic carbocycles. The van der Waals surface area contributed by atoms with Crippen LogP contribution in [0.15, 0.2) is 0 Å². The lowest BCUT2D eigenvalue weighted by Crippen LogP contribution is -2.41. The van der Waals surface area contributed by atoms with E-state index in [2.05, 4.69) is 33.1 Å². The summed E-state index contributed by atoms with van der Waals surface area (Å²) in [5.74, 6) is 0. The third-order valence-corrected chi connectivity index (χ3v) is 8.98. The highest BCUT2D eigenvalue weighted by Crippen LogP contribution is 2.09. The van der Waals surface area contributed by atoms with Crippen LogP contribution in [0.5, 0.6) is 0 Å². The van der Waals surface area contributed by atoms with Gasteiger partial charge >= 0.3 is 0 Å². The van der Waals surface area contributed by atoms with Gasteiger partial charge in [0, 0.05) is 16.0 Å². The maximum absolute atomic E-state index is 5.92. The molecule has 0 rings (SSSR count). The molecule has 1 nitrogen and oxygen atoms in total. The van der Waals surface area contributed by atoms with Crippen LogP contribution in [0.2, 0.25) is 32.2 Å². The molecule has 0 heterocycles. The average molecular weight is 207 g/mol. The maximum atomic E-state index is 5.92. The zero-order valence-electron chi connectivity index (χ0n) is 8.82. The second-order valence-electron chi connectivity index (χ2n) is 4.92. The van der Waals surface area contributed by atoms with Crippen LogP contribution in [0.3, 0.4) is 0 Å². The molecule has 0 aromatic rings. The Labute approximate surface area is 75.9 Å². The molecule has 0 saturated carbocycles. The van der Waals surface area contributed by atoms with E-state index in [1.54, 1.807) is 0 Å². The second-order valence-corrected chi connectivity index (χ2v) is 22.0. The first-order valence-electron chi connectivity index (χ1n) is 4.41. The summed E-state index contributed by atoms with van der Waals surface area (Å²) in [7, 11) is -0.684. The van der Waals surface area contributed by atoms with Crippen molar-refractivity contribution in [2.24, 2.45) is 0 Å². The summed E-state index contributed by atoms with van der Waals surface area (Å²) in [5.41, 5.74) is 0. The van der Waals surface area contributed by atoms with Gasteiger partial charge in [-0.15, -0.1) is 0 Å². The van der Waals surface area contributed by atoms with E-state index in [1.807, 2.05) is 0 Å². The molecular formula is C7H22OSi3. The Bertz CT molecular complexity index is 117. The Morgan fingerprint density at radius 3 is 1.91 bits per heavy atom. The molecule has 0 bridgehead atoms. The predicted octanol–water partition coefficient (Wildman–Crippen LogP) is 1.34. The van der Waals surface area contributed by atoms with Gasteiger partial charge in [-0.2, -0.15) is 0 Å². The minimum Gasteiger partial charge on any atom is -0.421 e. The van der Waals surface area contributed by atoms with Gasteiger partial charge in [0.1, 0.15) is 0 Å². The van der Waals surface area contributed by atoms with Crippen molar-refractivity contribution in [3.05, 3.63) is 0 Å². The lowest BCUT2D eigenvalue weighted by molar-refractivity contribution is 0.374. The first-order valence-corrected chi connectivity index (χ1v) is 14.2. The number of hydrogen-bond donors (Lipinski definition) is 0. The first-order chi connectivity index (χ1) is 4.77. The highest BCUT2D eigenvalue weighted by atomic mass is 29.2. The van der Waals surface area contributed by atoms with Crippen LogP contribution < -0.4 is 0 Å². The summed E-state index contributed by atoms with van der Waals surface area (Å²) in [6.45, 7) is 11.6. The lowest BCUT2D eigenvalue weighted by Gasteiger charge is -2.26. The van der Waals surface area contributed by atoms with Gasteiger partial charge in [0.25, 0.3) is 0 Å². The monoisotopic (exact) mass is 206 g/mol. The minimum absolute atomic E-state index is 0.836. The summed E-state index contributed by atoms with van der Waals surface area (Å²) < 4.78 is 5.92. The smallest absolute Gasteiger partial charge is 0.183 e. The van der Waals surface area contributed by atoms with Crippen molar-refractivity contribution in [3.8, 4) is 0 Å². The van der Waals surface area contributed by atoms with Gasteiger partial charge in [-0.25, -0.2) is 0 Å². The molecule has 0 aromatic heterocycles. The SMILES string of the molecule is CC[Si](C)([SiH3])CO[Si](C)(C)C. The van der Waals surface area contributed by atoms with Gasteiger partial charge in [0.15, 0.2) is 8.32 Å². The summed E-state index contributed by atoms with van der Waals surface area (Å²) in [4.78, 5) is 0. The van der Waals surface area contributed by atoms with Gasteiger partial charge < -0.3 is 4.43 Å². The molecule has 1 unspecified atom stereocenters. The van der Waals surface area contributed by atoms with E-state index in [0.717, 1.165) is 6.23 Å². The normalized spacial score (nSPS) is 18.3. The Balaban J connectivity index is 3.70. The van der Waals surface area contributed by atoms with Crippen LogP contribution in [0.1, 0.15) is 6.92 Å². The molecule has 0 saturated heterocycles. The van der Waals surface area contributed by atoms with Crippen LogP contribution in [0.4, 0.5) is 0 Å². The summed E-state index contributed by atoms with van der Waals surface area (Å²) >= 11 is 0. The molecule has 0 amide bonds. The third-order valence-electron chi connectivity index (χ3n) is 1.85. The first kappa shape index (κ1) is 11.6. The molecule has 11 heavy (non-hydrogen) atoms. The molecule has 0 aliphatic rings. The number of hydrogen-bond acceptors (Lipinski definition) is 1. The standard InChI is InChI=1S/C7H22OSi3/c1-6-11(5,9)7-8-10(2,3)4/h6-7H2,1-5,9H3. The van der Waals surface area contributed by atoms with Crippen molar-refractivity contribution in [2.75, 3.05) is 6.23 Å². The molecule has 4 heteroatoms. The summed E-state index contributed by atoms with van der Waals surface area (Å²) in [5, 5.41) is 0. The molecular weight excluding hydrogens is 184 g/mol. The fourth-order valence-corrected chi connectivity index (χ4v) is 5.31. The van der Waals surface area contributed by atoms with Gasteiger partial charge in [-0.05, 0) is 19.6 Å². The summed E-state index contributed by atoms with van der Waals surface area (Å²) in [6, 6.07) is 1.39. The third kappa shape index (κ3) is 6.99. The fraction of sp³-hybridized carbons (Fsp3) is 1.00. The molecule has 0 fully saturated rings. The van der Waals surface area contributed by atoms with Gasteiger partial charge in [-0.3, -0.25) is 0 Å².